The molecule has 80 valence electrons. The molecular formula is C8H8BrN3O3. The van der Waals surface area contributed by atoms with Crippen molar-refractivity contribution in [3.63, 3.8) is 0 Å². The van der Waals surface area contributed by atoms with Gasteiger partial charge in [-0.25, -0.2) is 4.79 Å². The fourth-order valence-corrected chi connectivity index (χ4v) is 2.09. The van der Waals surface area contributed by atoms with E-state index in [9.17, 15) is 9.59 Å². The van der Waals surface area contributed by atoms with Crippen LogP contribution in [-0.2, 0) is 4.79 Å². The van der Waals surface area contributed by atoms with E-state index < -0.39 is 5.97 Å². The Labute approximate surface area is 93.4 Å². The average molecular weight is 274 g/mol. The number of rotatable bonds is 2. The molecule has 1 amide bonds. The van der Waals surface area contributed by atoms with Crippen molar-refractivity contribution in [3.8, 4) is 0 Å². The number of hydrogen-bond acceptors (Lipinski definition) is 3. The summed E-state index contributed by atoms with van der Waals surface area (Å²) in [5.41, 5.74) is 0.0185. The van der Waals surface area contributed by atoms with Gasteiger partial charge in [0.2, 0.25) is 5.91 Å². The normalized spacial score (nSPS) is 21.0. The molecule has 1 aromatic heterocycles. The van der Waals surface area contributed by atoms with Crippen molar-refractivity contribution in [2.75, 3.05) is 11.4 Å². The van der Waals surface area contributed by atoms with Crippen LogP contribution in [0.3, 0.4) is 0 Å². The van der Waals surface area contributed by atoms with E-state index in [-0.39, 0.29) is 22.1 Å². The minimum Gasteiger partial charge on any atom is -0.477 e. The Kier molecular flexibility index (Phi) is 2.47. The van der Waals surface area contributed by atoms with Crippen molar-refractivity contribution in [1.82, 2.24) is 10.2 Å². The lowest BCUT2D eigenvalue weighted by Gasteiger charge is -2.13. The number of carbonyl (C=O) groups excluding carboxylic acids is 1. The molecule has 6 nitrogen and oxygen atoms in total. The fraction of sp³-hybridized carbons (Fsp3) is 0.375. The number of carboxylic acid groups (broad SMARTS) is 1. The molecular weight excluding hydrogens is 266 g/mol. The third kappa shape index (κ3) is 1.74. The van der Waals surface area contributed by atoms with E-state index in [1.54, 1.807) is 0 Å². The molecule has 2 heterocycles. The van der Waals surface area contributed by atoms with Crippen LogP contribution in [0.5, 0.6) is 0 Å². The van der Waals surface area contributed by atoms with Gasteiger partial charge in [-0.05, 0) is 0 Å². The zero-order valence-corrected chi connectivity index (χ0v) is 9.19. The van der Waals surface area contributed by atoms with Crippen molar-refractivity contribution in [3.05, 3.63) is 11.8 Å². The van der Waals surface area contributed by atoms with Crippen molar-refractivity contribution in [2.24, 2.45) is 0 Å². The Bertz CT molecular complexity index is 417. The summed E-state index contributed by atoms with van der Waals surface area (Å²) < 4.78 is 0. The van der Waals surface area contributed by atoms with Crippen LogP contribution in [0.15, 0.2) is 6.20 Å². The first-order valence-electron chi connectivity index (χ1n) is 4.30. The maximum atomic E-state index is 11.5. The van der Waals surface area contributed by atoms with Gasteiger partial charge in [-0.15, -0.1) is 0 Å². The smallest absolute Gasteiger partial charge is 0.341 e. The third-order valence-electron chi connectivity index (χ3n) is 2.20. The average Bonchev–Trinajstić information content (AvgIpc) is 2.71. The molecule has 15 heavy (non-hydrogen) atoms. The summed E-state index contributed by atoms with van der Waals surface area (Å²) in [5.74, 6) is -0.942. The molecule has 1 fully saturated rings. The van der Waals surface area contributed by atoms with Gasteiger partial charge in [-0.2, -0.15) is 5.10 Å². The van der Waals surface area contributed by atoms with Crippen LogP contribution in [0.2, 0.25) is 0 Å². The van der Waals surface area contributed by atoms with Crippen LogP contribution in [0.1, 0.15) is 16.8 Å². The van der Waals surface area contributed by atoms with E-state index >= 15 is 0 Å². The summed E-state index contributed by atoms with van der Waals surface area (Å²) in [6.45, 7) is 0.460. The number of nitrogens with zero attached hydrogens (tertiary/aromatic N) is 2. The topological polar surface area (TPSA) is 86.3 Å². The van der Waals surface area contributed by atoms with Crippen molar-refractivity contribution in [1.29, 1.82) is 0 Å². The van der Waals surface area contributed by atoms with Crippen LogP contribution < -0.4 is 4.90 Å². The Morgan fingerprint density at radius 1 is 1.73 bits per heavy atom. The van der Waals surface area contributed by atoms with Crippen LogP contribution in [0.4, 0.5) is 5.82 Å². The van der Waals surface area contributed by atoms with E-state index in [4.69, 9.17) is 5.11 Å². The molecule has 1 atom stereocenters. The van der Waals surface area contributed by atoms with Gasteiger partial charge >= 0.3 is 5.97 Å². The summed E-state index contributed by atoms with van der Waals surface area (Å²) in [5, 5.41) is 15.0. The minimum absolute atomic E-state index is 0.0185. The van der Waals surface area contributed by atoms with Crippen molar-refractivity contribution < 1.29 is 14.7 Å². The third-order valence-corrected chi connectivity index (χ3v) is 2.81. The molecule has 1 unspecified atom stereocenters. The van der Waals surface area contributed by atoms with Gasteiger partial charge in [0.05, 0.1) is 6.20 Å². The summed E-state index contributed by atoms with van der Waals surface area (Å²) in [7, 11) is 0. The van der Waals surface area contributed by atoms with Gasteiger partial charge in [0.1, 0.15) is 11.4 Å². The molecule has 0 spiro atoms. The molecule has 1 saturated heterocycles. The quantitative estimate of drug-likeness (QED) is 0.773. The summed E-state index contributed by atoms with van der Waals surface area (Å²) in [6.07, 6.45) is 1.57. The van der Waals surface area contributed by atoms with E-state index in [2.05, 4.69) is 26.1 Å². The van der Waals surface area contributed by atoms with E-state index in [0.29, 0.717) is 13.0 Å². The standard InChI is InChI=1S/C8H8BrN3O3/c9-4-1-6(13)12(3-4)7-5(8(14)15)2-10-11-7/h2,4H,1,3H2,(H,10,11)(H,14,15). The number of hydrogen-bond donors (Lipinski definition) is 2. The number of aromatic carboxylic acids is 1. The summed E-state index contributed by atoms with van der Waals surface area (Å²) in [6, 6.07) is 0. The lowest BCUT2D eigenvalue weighted by molar-refractivity contribution is -0.117. The van der Waals surface area contributed by atoms with Gasteiger partial charge in [-0.3, -0.25) is 14.8 Å². The Morgan fingerprint density at radius 2 is 2.47 bits per heavy atom. The van der Waals surface area contributed by atoms with Gasteiger partial charge in [-0.1, -0.05) is 15.9 Å². The number of aromatic nitrogens is 2. The maximum Gasteiger partial charge on any atom is 0.341 e. The molecule has 0 aliphatic carbocycles. The zero-order valence-electron chi connectivity index (χ0n) is 7.61. The number of carboxylic acids is 1. The van der Waals surface area contributed by atoms with E-state index in [1.165, 1.54) is 11.1 Å². The fourth-order valence-electron chi connectivity index (χ4n) is 1.52. The van der Waals surface area contributed by atoms with E-state index in [1.807, 2.05) is 0 Å². The highest BCUT2D eigenvalue weighted by molar-refractivity contribution is 9.09. The molecule has 0 radical (unpaired) electrons. The number of nitrogens with one attached hydrogen (secondary N) is 1. The Balaban J connectivity index is 2.33. The largest absolute Gasteiger partial charge is 0.477 e. The molecule has 1 aliphatic rings. The van der Waals surface area contributed by atoms with Gasteiger partial charge < -0.3 is 5.11 Å². The highest BCUT2D eigenvalue weighted by Gasteiger charge is 2.32. The first-order valence-corrected chi connectivity index (χ1v) is 5.22. The lowest BCUT2D eigenvalue weighted by Crippen LogP contribution is -2.26. The van der Waals surface area contributed by atoms with Gasteiger partial charge in [0.15, 0.2) is 0 Å². The summed E-state index contributed by atoms with van der Waals surface area (Å²) >= 11 is 3.32. The molecule has 0 saturated carbocycles. The highest BCUT2D eigenvalue weighted by Crippen LogP contribution is 2.25. The Morgan fingerprint density at radius 3 is 3.00 bits per heavy atom. The predicted octanol–water partition coefficient (Wildman–Crippen LogP) is 0.608. The number of carbonyl (C=O) groups is 2. The molecule has 7 heteroatoms. The highest BCUT2D eigenvalue weighted by atomic mass is 79.9. The number of H-pyrrole nitrogens is 1. The zero-order chi connectivity index (χ0) is 11.0. The second-order valence-corrected chi connectivity index (χ2v) is 4.54. The second-order valence-electron chi connectivity index (χ2n) is 3.24. The van der Waals surface area contributed by atoms with Crippen LogP contribution in [0.25, 0.3) is 0 Å². The molecule has 0 aromatic carbocycles. The SMILES string of the molecule is O=C(O)c1cn[nH]c1N1CC(Br)CC1=O. The first-order chi connectivity index (χ1) is 7.09. The predicted molar refractivity (Wildman–Crippen MR) is 55.2 cm³/mol. The molecule has 1 aliphatic heterocycles. The first kappa shape index (κ1) is 10.2. The van der Waals surface area contributed by atoms with Gasteiger partial charge in [0, 0.05) is 17.8 Å². The molecule has 1 aromatic rings. The number of halogens is 1. The maximum absolute atomic E-state index is 11.5. The lowest BCUT2D eigenvalue weighted by atomic mass is 10.3. The van der Waals surface area contributed by atoms with Crippen LogP contribution >= 0.6 is 15.9 Å². The minimum atomic E-state index is -1.09. The summed E-state index contributed by atoms with van der Waals surface area (Å²) in [4.78, 5) is 23.8. The number of amides is 1. The number of anilines is 1. The molecule has 0 bridgehead atoms. The van der Waals surface area contributed by atoms with Crippen LogP contribution in [-0.4, -0.2) is 38.6 Å². The number of aromatic amines is 1. The van der Waals surface area contributed by atoms with Crippen LogP contribution in [0, 0.1) is 0 Å². The van der Waals surface area contributed by atoms with Crippen molar-refractivity contribution >= 4 is 33.6 Å². The van der Waals surface area contributed by atoms with Crippen molar-refractivity contribution in [2.45, 2.75) is 11.2 Å². The molecule has 2 N–H and O–H groups in total. The second kappa shape index (κ2) is 3.65. The van der Waals surface area contributed by atoms with Gasteiger partial charge in [0.25, 0.3) is 0 Å². The van der Waals surface area contributed by atoms with E-state index in [0.717, 1.165) is 0 Å². The monoisotopic (exact) mass is 273 g/mol. The molecule has 2 rings (SSSR count). The number of alkyl halides is 1. The Hall–Kier alpha value is -1.37.